The molecule has 0 aliphatic carbocycles. The molecule has 0 bridgehead atoms. The lowest BCUT2D eigenvalue weighted by Gasteiger charge is -2.35. The van der Waals surface area contributed by atoms with Gasteiger partial charge in [0.25, 0.3) is 5.91 Å². The Balaban J connectivity index is 1.43. The number of thiazole rings is 1. The molecule has 25 heavy (non-hydrogen) atoms. The van der Waals surface area contributed by atoms with Crippen LogP contribution in [0, 0.1) is 3.95 Å². The maximum Gasteiger partial charge on any atom is 0.254 e. The second-order valence-electron chi connectivity index (χ2n) is 6.05. The number of rotatable bonds is 3. The molecule has 1 saturated heterocycles. The number of fused-ring (bicyclic) bond motifs is 1. The summed E-state index contributed by atoms with van der Waals surface area (Å²) in [6, 6.07) is 11.9. The van der Waals surface area contributed by atoms with Gasteiger partial charge in [-0.15, -0.1) is 11.3 Å². The van der Waals surface area contributed by atoms with Crippen LogP contribution in [0.5, 0.6) is 0 Å². The highest BCUT2D eigenvalue weighted by atomic mass is 32.1. The first kappa shape index (κ1) is 16.4. The van der Waals surface area contributed by atoms with Crippen molar-refractivity contribution in [1.29, 1.82) is 0 Å². The first-order valence-electron chi connectivity index (χ1n) is 8.22. The van der Waals surface area contributed by atoms with Gasteiger partial charge >= 0.3 is 0 Å². The van der Waals surface area contributed by atoms with E-state index in [0.29, 0.717) is 5.56 Å². The van der Waals surface area contributed by atoms with E-state index in [1.807, 2.05) is 17.0 Å². The Kier molecular flexibility index (Phi) is 4.61. The van der Waals surface area contributed by atoms with Crippen LogP contribution in [-0.4, -0.2) is 51.4 Å². The largest absolute Gasteiger partial charge is 0.336 e. The second-order valence-corrected chi connectivity index (χ2v) is 7.73. The van der Waals surface area contributed by atoms with Gasteiger partial charge in [0.15, 0.2) is 3.95 Å². The Labute approximate surface area is 155 Å². The Morgan fingerprint density at radius 3 is 2.56 bits per heavy atom. The first-order chi connectivity index (χ1) is 12.2. The zero-order chi connectivity index (χ0) is 17.2. The summed E-state index contributed by atoms with van der Waals surface area (Å²) in [5.74, 6) is 0.0830. The molecular formula is C18H18N4OS2. The molecule has 1 fully saturated rings. The summed E-state index contributed by atoms with van der Waals surface area (Å²) in [5.41, 5.74) is 1.89. The summed E-state index contributed by atoms with van der Waals surface area (Å²) in [4.78, 5) is 20.7. The predicted octanol–water partition coefficient (Wildman–Crippen LogP) is 3.24. The number of hydrogen-bond acceptors (Lipinski definition) is 5. The second kappa shape index (κ2) is 7.03. The van der Waals surface area contributed by atoms with E-state index < -0.39 is 0 Å². The van der Waals surface area contributed by atoms with E-state index >= 15 is 0 Å². The lowest BCUT2D eigenvalue weighted by molar-refractivity contribution is 0.0597. The molecule has 0 saturated carbocycles. The molecule has 2 aromatic heterocycles. The van der Waals surface area contributed by atoms with E-state index in [4.69, 9.17) is 12.2 Å². The number of nitrogens with zero attached hydrogens (tertiary/aromatic N) is 4. The van der Waals surface area contributed by atoms with E-state index in [-0.39, 0.29) is 5.91 Å². The predicted molar refractivity (Wildman–Crippen MR) is 102 cm³/mol. The average Bonchev–Trinajstić information content (AvgIpc) is 2.98. The van der Waals surface area contributed by atoms with Crippen molar-refractivity contribution in [1.82, 2.24) is 19.4 Å². The van der Waals surface area contributed by atoms with Gasteiger partial charge in [0.2, 0.25) is 0 Å². The van der Waals surface area contributed by atoms with Gasteiger partial charge in [0.1, 0.15) is 0 Å². The maximum atomic E-state index is 12.5. The molecule has 5 nitrogen and oxygen atoms in total. The SMILES string of the molecule is O=C(c1ccncc1)N1CCN(Cn2c(=S)sc3ccccc32)CC1. The van der Waals surface area contributed by atoms with Crippen LogP contribution in [-0.2, 0) is 6.67 Å². The summed E-state index contributed by atoms with van der Waals surface area (Å²) in [5, 5.41) is 0. The number of para-hydroxylation sites is 1. The highest BCUT2D eigenvalue weighted by molar-refractivity contribution is 7.73. The number of aromatic nitrogens is 2. The molecule has 1 aliphatic rings. The van der Waals surface area contributed by atoms with Gasteiger partial charge in [-0.1, -0.05) is 12.1 Å². The van der Waals surface area contributed by atoms with Gasteiger partial charge in [-0.25, -0.2) is 0 Å². The zero-order valence-electron chi connectivity index (χ0n) is 13.7. The smallest absolute Gasteiger partial charge is 0.254 e. The van der Waals surface area contributed by atoms with Crippen LogP contribution in [0.1, 0.15) is 10.4 Å². The van der Waals surface area contributed by atoms with Crippen LogP contribution in [0.3, 0.4) is 0 Å². The van der Waals surface area contributed by atoms with E-state index in [9.17, 15) is 4.79 Å². The van der Waals surface area contributed by atoms with E-state index in [0.717, 1.165) is 36.8 Å². The van der Waals surface area contributed by atoms with Crippen molar-refractivity contribution < 1.29 is 4.79 Å². The fourth-order valence-electron chi connectivity index (χ4n) is 3.12. The van der Waals surface area contributed by atoms with Crippen LogP contribution in [0.4, 0.5) is 0 Å². The standard InChI is InChI=1S/C18H18N4OS2/c23-17(14-5-7-19-8-6-14)21-11-9-20(10-12-21)13-22-15-3-1-2-4-16(15)25-18(22)24/h1-8H,9-13H2. The minimum Gasteiger partial charge on any atom is -0.336 e. The highest BCUT2D eigenvalue weighted by Gasteiger charge is 2.22. The number of hydrogen-bond donors (Lipinski definition) is 0. The summed E-state index contributed by atoms with van der Waals surface area (Å²) in [7, 11) is 0. The van der Waals surface area contributed by atoms with E-state index in [1.54, 1.807) is 35.9 Å². The Morgan fingerprint density at radius 1 is 1.08 bits per heavy atom. The van der Waals surface area contributed by atoms with Gasteiger partial charge < -0.3 is 9.47 Å². The molecule has 3 aromatic rings. The Hall–Kier alpha value is -2.09. The molecule has 0 unspecified atom stereocenters. The topological polar surface area (TPSA) is 41.4 Å². The molecule has 3 heterocycles. The normalized spacial score (nSPS) is 15.6. The van der Waals surface area contributed by atoms with Crippen molar-refractivity contribution >= 4 is 39.7 Å². The molecule has 0 N–H and O–H groups in total. The van der Waals surface area contributed by atoms with Crippen molar-refractivity contribution in [2.24, 2.45) is 0 Å². The van der Waals surface area contributed by atoms with Crippen LogP contribution in [0.25, 0.3) is 10.2 Å². The Bertz CT molecular complexity index is 942. The summed E-state index contributed by atoms with van der Waals surface area (Å²) in [6.45, 7) is 3.94. The minimum atomic E-state index is 0.0830. The quantitative estimate of drug-likeness (QED) is 0.664. The fourth-order valence-corrected chi connectivity index (χ4v) is 4.43. The van der Waals surface area contributed by atoms with Crippen LogP contribution in [0.15, 0.2) is 48.8 Å². The van der Waals surface area contributed by atoms with Crippen LogP contribution >= 0.6 is 23.6 Å². The number of benzene rings is 1. The number of piperazine rings is 1. The van der Waals surface area contributed by atoms with E-state index in [1.165, 1.54) is 10.2 Å². The van der Waals surface area contributed by atoms with Crippen molar-refractivity contribution in [2.75, 3.05) is 26.2 Å². The third kappa shape index (κ3) is 3.35. The van der Waals surface area contributed by atoms with Crippen molar-refractivity contribution in [3.63, 3.8) is 0 Å². The molecule has 1 aromatic carbocycles. The van der Waals surface area contributed by atoms with Gasteiger partial charge in [0, 0.05) is 44.1 Å². The summed E-state index contributed by atoms with van der Waals surface area (Å²) < 4.78 is 4.31. The molecule has 4 rings (SSSR count). The summed E-state index contributed by atoms with van der Waals surface area (Å²) >= 11 is 7.19. The molecule has 128 valence electrons. The highest BCUT2D eigenvalue weighted by Crippen LogP contribution is 2.23. The fraction of sp³-hybridized carbons (Fsp3) is 0.278. The lowest BCUT2D eigenvalue weighted by Crippen LogP contribution is -2.48. The molecule has 0 spiro atoms. The Morgan fingerprint density at radius 2 is 1.80 bits per heavy atom. The van der Waals surface area contributed by atoms with Crippen molar-refractivity contribution in [2.45, 2.75) is 6.67 Å². The molecule has 1 aliphatic heterocycles. The monoisotopic (exact) mass is 370 g/mol. The average molecular weight is 371 g/mol. The number of carbonyl (C=O) groups is 1. The van der Waals surface area contributed by atoms with E-state index in [2.05, 4.69) is 26.6 Å². The number of pyridine rings is 1. The third-order valence-corrected chi connectivity index (χ3v) is 5.93. The van der Waals surface area contributed by atoms with Crippen molar-refractivity contribution in [3.8, 4) is 0 Å². The van der Waals surface area contributed by atoms with Crippen molar-refractivity contribution in [3.05, 3.63) is 58.3 Å². The summed E-state index contributed by atoms with van der Waals surface area (Å²) in [6.07, 6.45) is 3.32. The zero-order valence-corrected chi connectivity index (χ0v) is 15.3. The van der Waals surface area contributed by atoms with Gasteiger partial charge in [0.05, 0.1) is 16.9 Å². The molecule has 0 atom stereocenters. The third-order valence-electron chi connectivity index (χ3n) is 4.50. The molecule has 0 radical (unpaired) electrons. The maximum absolute atomic E-state index is 12.5. The molecule has 7 heteroatoms. The molecular weight excluding hydrogens is 352 g/mol. The molecule has 1 amide bonds. The minimum absolute atomic E-state index is 0.0830. The lowest BCUT2D eigenvalue weighted by atomic mass is 10.2. The number of carbonyl (C=O) groups excluding carboxylic acids is 1. The first-order valence-corrected chi connectivity index (χ1v) is 9.45. The van der Waals surface area contributed by atoms with Crippen LogP contribution in [0.2, 0.25) is 0 Å². The number of amides is 1. The van der Waals surface area contributed by atoms with Gasteiger partial charge in [-0.05, 0) is 36.5 Å². The van der Waals surface area contributed by atoms with Gasteiger partial charge in [-0.3, -0.25) is 14.7 Å². The van der Waals surface area contributed by atoms with Gasteiger partial charge in [-0.2, -0.15) is 0 Å². The van der Waals surface area contributed by atoms with Crippen LogP contribution < -0.4 is 0 Å².